The van der Waals surface area contributed by atoms with Gasteiger partial charge in [-0.05, 0) is 74.5 Å². The lowest BCUT2D eigenvalue weighted by atomic mass is 9.82. The second-order valence-corrected chi connectivity index (χ2v) is 19.4. The van der Waals surface area contributed by atoms with Gasteiger partial charge in [0.2, 0.25) is 35.4 Å². The molecule has 10 unspecified atom stereocenters. The second-order valence-electron chi connectivity index (χ2n) is 19.4. The summed E-state index contributed by atoms with van der Waals surface area (Å²) in [5.41, 5.74) is -1.22. The molecule has 0 aliphatic carbocycles. The molecule has 0 spiro atoms. The van der Waals surface area contributed by atoms with Crippen LogP contribution < -0.4 is 31.9 Å². The molecular weight excluding hydrogens is 829 g/mol. The lowest BCUT2D eigenvalue weighted by Gasteiger charge is -2.42. The number of aliphatic hydroxyl groups excluding tert-OH is 3. The van der Waals surface area contributed by atoms with Crippen molar-refractivity contribution in [2.75, 3.05) is 53.1 Å². The van der Waals surface area contributed by atoms with Gasteiger partial charge in [-0.1, -0.05) is 54.9 Å². The highest BCUT2D eigenvalue weighted by Gasteiger charge is 2.45. The normalized spacial score (nSPS) is 21.6. The summed E-state index contributed by atoms with van der Waals surface area (Å²) in [5, 5.41) is 48.0. The molecule has 1 fully saturated rings. The van der Waals surface area contributed by atoms with Gasteiger partial charge in [0, 0.05) is 84.5 Å². The van der Waals surface area contributed by atoms with E-state index in [2.05, 4.69) is 45.7 Å². The number of carbonyl (C=O) groups is 6. The van der Waals surface area contributed by atoms with Crippen molar-refractivity contribution in [3.8, 4) is 0 Å². The van der Waals surface area contributed by atoms with Gasteiger partial charge < -0.3 is 61.4 Å². The molecule has 6 amide bonds. The topological polar surface area (TPSA) is 263 Å². The van der Waals surface area contributed by atoms with Gasteiger partial charge in [0.05, 0.1) is 13.2 Å². The van der Waals surface area contributed by atoms with Crippen LogP contribution in [0.15, 0.2) is 0 Å². The molecule has 0 radical (unpaired) electrons. The second kappa shape index (κ2) is 30.7. The van der Waals surface area contributed by atoms with E-state index in [1.165, 1.54) is 6.92 Å². The van der Waals surface area contributed by atoms with Crippen LogP contribution in [0, 0.1) is 29.1 Å². The van der Waals surface area contributed by atoms with Crippen molar-refractivity contribution >= 4 is 35.4 Å². The monoisotopic (exact) mass is 915 g/mol. The van der Waals surface area contributed by atoms with Crippen molar-refractivity contribution < 1.29 is 58.3 Å². The molecule has 1 aliphatic heterocycles. The Morgan fingerprint density at radius 3 is 1.80 bits per heavy atom. The van der Waals surface area contributed by atoms with E-state index >= 15 is 0 Å². The third kappa shape index (κ3) is 24.8. The third-order valence-electron chi connectivity index (χ3n) is 11.5. The summed E-state index contributed by atoms with van der Waals surface area (Å²) < 4.78 is 16.9. The van der Waals surface area contributed by atoms with Crippen molar-refractivity contribution in [3.63, 3.8) is 0 Å². The van der Waals surface area contributed by atoms with E-state index in [9.17, 15) is 44.1 Å². The van der Waals surface area contributed by atoms with Crippen molar-refractivity contribution in [3.05, 3.63) is 0 Å². The van der Waals surface area contributed by atoms with Crippen LogP contribution in [0.25, 0.3) is 0 Å². The Kier molecular flexibility index (Phi) is 28.1. The fraction of sp³-hybridized carbons (Fsp3) is 0.870. The van der Waals surface area contributed by atoms with Crippen molar-refractivity contribution in [1.82, 2.24) is 31.9 Å². The van der Waals surface area contributed by atoms with Crippen LogP contribution in [0.4, 0.5) is 0 Å². The minimum Gasteiger partial charge on any atom is -0.394 e. The zero-order chi connectivity index (χ0) is 48.5. The fourth-order valence-corrected chi connectivity index (χ4v) is 7.88. The van der Waals surface area contributed by atoms with E-state index in [-0.39, 0.29) is 111 Å². The minimum absolute atomic E-state index is 0.0156. The maximum Gasteiger partial charge on any atom is 0.220 e. The maximum atomic E-state index is 13.6. The Labute approximate surface area is 382 Å². The molecule has 18 heteroatoms. The summed E-state index contributed by atoms with van der Waals surface area (Å²) in [6.07, 6.45) is -1.56. The molecule has 9 N–H and O–H groups in total. The molecule has 0 saturated carbocycles. The van der Waals surface area contributed by atoms with Gasteiger partial charge in [0.25, 0.3) is 0 Å². The number of carbonyl (C=O) groups excluding carboxylic acids is 6. The molecule has 1 heterocycles. The first-order chi connectivity index (χ1) is 30.1. The first kappa shape index (κ1) is 58.6. The zero-order valence-corrected chi connectivity index (χ0v) is 40.6. The van der Waals surface area contributed by atoms with Crippen LogP contribution in [0.1, 0.15) is 139 Å². The molecule has 18 nitrogen and oxygen atoms in total. The predicted molar refractivity (Wildman–Crippen MR) is 243 cm³/mol. The van der Waals surface area contributed by atoms with Gasteiger partial charge in [0.1, 0.15) is 24.4 Å². The average Bonchev–Trinajstić information content (AvgIpc) is 3.22. The Morgan fingerprint density at radius 2 is 1.25 bits per heavy atom. The molecular formula is C46H86N6O12. The number of hydrogen-bond acceptors (Lipinski definition) is 12. The van der Waals surface area contributed by atoms with Gasteiger partial charge in [-0.2, -0.15) is 0 Å². The van der Waals surface area contributed by atoms with Crippen LogP contribution in [0.5, 0.6) is 0 Å². The molecule has 0 aromatic heterocycles. The van der Waals surface area contributed by atoms with E-state index in [0.717, 1.165) is 12.8 Å². The van der Waals surface area contributed by atoms with Gasteiger partial charge in [-0.3, -0.25) is 28.8 Å². The van der Waals surface area contributed by atoms with Crippen molar-refractivity contribution in [2.45, 2.75) is 176 Å². The average molecular weight is 915 g/mol. The molecule has 0 aromatic rings. The lowest BCUT2D eigenvalue weighted by molar-refractivity contribution is -0.272. The Hall–Kier alpha value is -3.42. The minimum atomic E-state index is -1.42. The number of aliphatic hydroxyl groups is 3. The van der Waals surface area contributed by atoms with E-state index in [0.29, 0.717) is 51.5 Å². The van der Waals surface area contributed by atoms with Crippen LogP contribution in [-0.4, -0.2) is 140 Å². The number of rotatable bonds is 32. The number of amides is 6. The van der Waals surface area contributed by atoms with E-state index in [1.807, 2.05) is 41.5 Å². The van der Waals surface area contributed by atoms with Crippen LogP contribution in [-0.2, 0) is 43.0 Å². The largest absolute Gasteiger partial charge is 0.394 e. The SMILES string of the molecule is CCNC(=O)CCC(CCC(=O)NCC(CC)CC(C)COC1OC(CO)C(O)C(O)C1NC(C)=O)(CCC(=O)NCC(C)(C)C)NC(=O)CCCC(=O)NCC(C)CC(C)COC. The van der Waals surface area contributed by atoms with Crippen molar-refractivity contribution in [2.24, 2.45) is 29.1 Å². The molecule has 1 saturated heterocycles. The Balaban J connectivity index is 3.03. The first-order valence-electron chi connectivity index (χ1n) is 23.4. The molecule has 1 rings (SSSR count). The van der Waals surface area contributed by atoms with Crippen LogP contribution in [0.3, 0.4) is 0 Å². The van der Waals surface area contributed by atoms with Crippen molar-refractivity contribution in [1.29, 1.82) is 0 Å². The fourth-order valence-electron chi connectivity index (χ4n) is 7.88. The zero-order valence-electron chi connectivity index (χ0n) is 40.6. The summed E-state index contributed by atoms with van der Waals surface area (Å²) >= 11 is 0. The molecule has 372 valence electrons. The lowest BCUT2D eigenvalue weighted by Crippen LogP contribution is -2.64. The van der Waals surface area contributed by atoms with Gasteiger partial charge in [-0.25, -0.2) is 0 Å². The van der Waals surface area contributed by atoms with E-state index in [1.54, 1.807) is 7.11 Å². The first-order valence-corrected chi connectivity index (χ1v) is 23.4. The number of nitrogens with one attached hydrogen (secondary N) is 6. The Bertz CT molecular complexity index is 1420. The van der Waals surface area contributed by atoms with Crippen LogP contribution in [0.2, 0.25) is 0 Å². The van der Waals surface area contributed by atoms with Gasteiger partial charge in [-0.15, -0.1) is 0 Å². The highest BCUT2D eigenvalue weighted by Crippen LogP contribution is 2.28. The third-order valence-corrected chi connectivity index (χ3v) is 11.5. The van der Waals surface area contributed by atoms with Gasteiger partial charge >= 0.3 is 0 Å². The quantitative estimate of drug-likeness (QED) is 0.0471. The van der Waals surface area contributed by atoms with E-state index in [4.69, 9.17) is 14.2 Å². The maximum absolute atomic E-state index is 13.6. The standard InChI is InChI=1S/C46H86N6O12/c1-11-34(23-32(5)28-63-44-41(51-33(6)54)43(61)42(60)35(26-53)64-44)25-49-38(57)17-20-46(19-16-37(56)47-12-2,21-18-39(58)50-29-45(7,8)9)52-40(59)15-13-14-36(55)48-24-30(3)22-31(4)27-62-10/h30-32,34-35,41-44,53,60-61H,11-29H2,1-10H3,(H,47,56)(H,48,55)(H,49,57)(H,50,58)(H,51,54)(H,52,59). The molecule has 10 atom stereocenters. The summed E-state index contributed by atoms with van der Waals surface area (Å²) in [6.45, 7) is 19.3. The summed E-state index contributed by atoms with van der Waals surface area (Å²) in [6, 6.07) is -1.05. The highest BCUT2D eigenvalue weighted by molar-refractivity contribution is 5.81. The Morgan fingerprint density at radius 1 is 0.703 bits per heavy atom. The summed E-state index contributed by atoms with van der Waals surface area (Å²) in [4.78, 5) is 77.5. The number of hydrogen-bond donors (Lipinski definition) is 9. The smallest absolute Gasteiger partial charge is 0.220 e. The summed E-state index contributed by atoms with van der Waals surface area (Å²) in [5.74, 6) is -0.966. The molecule has 64 heavy (non-hydrogen) atoms. The molecule has 0 bridgehead atoms. The number of methoxy groups -OCH3 is 1. The van der Waals surface area contributed by atoms with E-state index < -0.39 is 48.7 Å². The van der Waals surface area contributed by atoms with Gasteiger partial charge in [0.15, 0.2) is 6.29 Å². The van der Waals surface area contributed by atoms with Crippen LogP contribution >= 0.6 is 0 Å². The molecule has 1 aliphatic rings. The number of ether oxygens (including phenoxy) is 3. The summed E-state index contributed by atoms with van der Waals surface area (Å²) in [7, 11) is 1.67. The molecule has 0 aromatic carbocycles. The predicted octanol–water partition coefficient (Wildman–Crippen LogP) is 2.20. The highest BCUT2D eigenvalue weighted by atomic mass is 16.7.